The molecule has 0 aromatic rings. The molecular formula is C6H10NO3S2. The molecule has 0 saturated heterocycles. The van der Waals surface area contributed by atoms with Crippen LogP contribution in [0.3, 0.4) is 0 Å². The summed E-state index contributed by atoms with van der Waals surface area (Å²) in [5, 5.41) is -0.243. The average Bonchev–Trinajstić information content (AvgIpc) is 2.03. The van der Waals surface area contributed by atoms with Crippen LogP contribution in [0, 0.1) is 0 Å². The fourth-order valence-corrected chi connectivity index (χ4v) is 1.38. The molecule has 0 bridgehead atoms. The molecule has 6 heteroatoms. The van der Waals surface area contributed by atoms with E-state index in [1.54, 1.807) is 6.92 Å². The molecule has 2 atom stereocenters. The summed E-state index contributed by atoms with van der Waals surface area (Å²) >= 11 is 4.71. The van der Waals surface area contributed by atoms with Crippen molar-refractivity contribution in [1.82, 2.24) is 0 Å². The maximum Gasteiger partial charge on any atom is 0.418 e. The van der Waals surface area contributed by atoms with Crippen molar-refractivity contribution in [3.63, 3.8) is 0 Å². The minimum absolute atomic E-state index is 0.243. The molecule has 2 N–H and O–H groups in total. The quantitative estimate of drug-likeness (QED) is 0.489. The van der Waals surface area contributed by atoms with Gasteiger partial charge in [-0.15, -0.1) is 0 Å². The van der Waals surface area contributed by atoms with Gasteiger partial charge in [-0.25, -0.2) is 4.79 Å². The Morgan fingerprint density at radius 2 is 2.42 bits per heavy atom. The number of carbonyl (C=O) groups excluding carboxylic acids is 2. The van der Waals surface area contributed by atoms with Crippen LogP contribution in [0.25, 0.3) is 0 Å². The van der Waals surface area contributed by atoms with E-state index in [2.05, 4.69) is 17.4 Å². The summed E-state index contributed by atoms with van der Waals surface area (Å²) < 4.78 is 4.36. The largest absolute Gasteiger partial charge is 0.443 e. The summed E-state index contributed by atoms with van der Waals surface area (Å²) in [5.41, 5.74) is 4.82. The zero-order valence-electron chi connectivity index (χ0n) is 6.52. The van der Waals surface area contributed by atoms with E-state index in [4.69, 9.17) is 5.73 Å². The Labute approximate surface area is 80.6 Å². The molecule has 0 amide bonds. The molecule has 4 nitrogen and oxygen atoms in total. The van der Waals surface area contributed by atoms with Crippen LogP contribution >= 0.6 is 24.4 Å². The highest BCUT2D eigenvalue weighted by molar-refractivity contribution is 8.14. The highest BCUT2D eigenvalue weighted by Crippen LogP contribution is 2.13. The Kier molecular flexibility index (Phi) is 6.23. The SMILES string of the molecule is CC(O[C]=O)SC(=O)[C@@H](N)CS. The van der Waals surface area contributed by atoms with Crippen molar-refractivity contribution in [2.24, 2.45) is 5.73 Å². The monoisotopic (exact) mass is 208 g/mol. The molecule has 0 aliphatic rings. The standard InChI is InChI=1S/C6H10NO3S2/c1-4(10-3-8)12-6(9)5(7)2-11/h4-5,11H,2,7H2,1H3/t4?,5-/m0/s1. The molecule has 0 rings (SSSR count). The van der Waals surface area contributed by atoms with Gasteiger partial charge in [0.25, 0.3) is 0 Å². The second kappa shape index (κ2) is 6.33. The van der Waals surface area contributed by atoms with E-state index in [0.717, 1.165) is 11.8 Å². The highest BCUT2D eigenvalue weighted by Gasteiger charge is 2.16. The third-order valence-electron chi connectivity index (χ3n) is 0.996. The maximum absolute atomic E-state index is 11.0. The zero-order valence-corrected chi connectivity index (χ0v) is 8.23. The fraction of sp³-hybridized carbons (Fsp3) is 0.667. The van der Waals surface area contributed by atoms with Crippen LogP contribution in [0.15, 0.2) is 0 Å². The lowest BCUT2D eigenvalue weighted by Gasteiger charge is -2.09. The van der Waals surface area contributed by atoms with Gasteiger partial charge in [0, 0.05) is 5.75 Å². The maximum atomic E-state index is 11.0. The summed E-state index contributed by atoms with van der Waals surface area (Å²) in [5.74, 6) is 0.281. The van der Waals surface area contributed by atoms with Crippen LogP contribution < -0.4 is 5.73 Å². The van der Waals surface area contributed by atoms with Gasteiger partial charge in [-0.3, -0.25) is 4.79 Å². The molecule has 0 aliphatic heterocycles. The van der Waals surface area contributed by atoms with E-state index in [0.29, 0.717) is 0 Å². The van der Waals surface area contributed by atoms with E-state index < -0.39 is 11.5 Å². The van der Waals surface area contributed by atoms with Crippen molar-refractivity contribution >= 4 is 36.0 Å². The van der Waals surface area contributed by atoms with Crippen molar-refractivity contribution in [2.75, 3.05) is 5.75 Å². The van der Waals surface area contributed by atoms with Crippen LogP contribution in [-0.2, 0) is 14.3 Å². The van der Waals surface area contributed by atoms with E-state index in [1.165, 1.54) is 6.47 Å². The fourth-order valence-electron chi connectivity index (χ4n) is 0.417. The lowest BCUT2D eigenvalue weighted by atomic mass is 10.4. The normalized spacial score (nSPS) is 14.9. The Bertz CT molecular complexity index is 165. The predicted molar refractivity (Wildman–Crippen MR) is 50.7 cm³/mol. The first-order valence-electron chi connectivity index (χ1n) is 3.21. The number of hydrogen-bond acceptors (Lipinski definition) is 6. The first-order valence-corrected chi connectivity index (χ1v) is 4.72. The van der Waals surface area contributed by atoms with Gasteiger partial charge in [0.05, 0.1) is 6.04 Å². The average molecular weight is 208 g/mol. The van der Waals surface area contributed by atoms with Gasteiger partial charge in [0.1, 0.15) is 0 Å². The lowest BCUT2D eigenvalue weighted by molar-refractivity contribution is -0.111. The Balaban J connectivity index is 3.75. The van der Waals surface area contributed by atoms with E-state index in [1.807, 2.05) is 0 Å². The Morgan fingerprint density at radius 1 is 1.83 bits per heavy atom. The summed E-state index contributed by atoms with van der Waals surface area (Å²) in [6.07, 6.45) is 0. The second-order valence-electron chi connectivity index (χ2n) is 1.99. The number of nitrogens with two attached hydrogens (primary N) is 1. The summed E-state index contributed by atoms with van der Waals surface area (Å²) in [6, 6.07) is -0.615. The third-order valence-corrected chi connectivity index (χ3v) is 2.35. The first-order chi connectivity index (χ1) is 5.61. The van der Waals surface area contributed by atoms with Crippen molar-refractivity contribution in [2.45, 2.75) is 18.4 Å². The molecule has 0 aliphatic carbocycles. The van der Waals surface area contributed by atoms with Crippen molar-refractivity contribution < 1.29 is 14.3 Å². The lowest BCUT2D eigenvalue weighted by Crippen LogP contribution is -2.31. The smallest absolute Gasteiger partial charge is 0.418 e. The van der Waals surface area contributed by atoms with Gasteiger partial charge in [0.15, 0.2) is 5.44 Å². The van der Waals surface area contributed by atoms with E-state index in [-0.39, 0.29) is 10.9 Å². The number of thiol groups is 1. The molecule has 0 fully saturated rings. The predicted octanol–water partition coefficient (Wildman–Crippen LogP) is -0.0669. The van der Waals surface area contributed by atoms with E-state index in [9.17, 15) is 9.59 Å². The van der Waals surface area contributed by atoms with Gasteiger partial charge < -0.3 is 10.5 Å². The van der Waals surface area contributed by atoms with Gasteiger partial charge >= 0.3 is 6.47 Å². The molecule has 1 unspecified atom stereocenters. The molecule has 69 valence electrons. The van der Waals surface area contributed by atoms with Crippen LogP contribution in [0.2, 0.25) is 0 Å². The second-order valence-corrected chi connectivity index (χ2v) is 3.66. The molecule has 1 radical (unpaired) electrons. The van der Waals surface area contributed by atoms with Crippen LogP contribution in [0.5, 0.6) is 0 Å². The van der Waals surface area contributed by atoms with Crippen LogP contribution in [0.4, 0.5) is 0 Å². The summed E-state index contributed by atoms with van der Waals surface area (Å²) in [7, 11) is 0. The summed E-state index contributed by atoms with van der Waals surface area (Å²) in [6.45, 7) is 2.81. The van der Waals surface area contributed by atoms with Gasteiger partial charge in [-0.1, -0.05) is 0 Å². The Hall–Kier alpha value is -0.200. The van der Waals surface area contributed by atoms with Crippen LogP contribution in [0.1, 0.15) is 6.92 Å². The van der Waals surface area contributed by atoms with Crippen molar-refractivity contribution in [3.05, 3.63) is 0 Å². The minimum Gasteiger partial charge on any atom is -0.443 e. The summed E-state index contributed by atoms with van der Waals surface area (Å²) in [4.78, 5) is 20.8. The molecule has 0 saturated carbocycles. The zero-order chi connectivity index (χ0) is 9.56. The third kappa shape index (κ3) is 4.63. The van der Waals surface area contributed by atoms with Crippen molar-refractivity contribution in [1.29, 1.82) is 0 Å². The van der Waals surface area contributed by atoms with Crippen molar-refractivity contribution in [3.8, 4) is 0 Å². The number of carbonyl (C=O) groups is 1. The van der Waals surface area contributed by atoms with Gasteiger partial charge in [-0.2, -0.15) is 12.6 Å². The minimum atomic E-state index is -0.615. The number of ether oxygens (including phenoxy) is 1. The molecule has 0 aromatic heterocycles. The molecule has 0 heterocycles. The van der Waals surface area contributed by atoms with Gasteiger partial charge in [0.2, 0.25) is 5.12 Å². The molecule has 0 aromatic carbocycles. The van der Waals surface area contributed by atoms with Gasteiger partial charge in [-0.05, 0) is 18.7 Å². The molecule has 0 spiro atoms. The molecular weight excluding hydrogens is 198 g/mol. The molecule has 12 heavy (non-hydrogen) atoms. The number of rotatable bonds is 5. The highest BCUT2D eigenvalue weighted by atomic mass is 32.2. The Morgan fingerprint density at radius 3 is 2.83 bits per heavy atom. The number of thioether (sulfide) groups is 1. The van der Waals surface area contributed by atoms with E-state index >= 15 is 0 Å². The van der Waals surface area contributed by atoms with Crippen LogP contribution in [-0.4, -0.2) is 28.8 Å². The first kappa shape index (κ1) is 11.8. The number of hydrogen-bond donors (Lipinski definition) is 2. The topological polar surface area (TPSA) is 69.4 Å².